The number of hydrogen-bond acceptors (Lipinski definition) is 1. The lowest BCUT2D eigenvalue weighted by molar-refractivity contribution is -0.577. The minimum atomic E-state index is -0.321. The van der Waals surface area contributed by atoms with E-state index in [0.29, 0.717) is 10.9 Å². The first-order valence-electron chi connectivity index (χ1n) is 3.96. The van der Waals surface area contributed by atoms with Gasteiger partial charge in [-0.1, -0.05) is 0 Å². The Bertz CT molecular complexity index is 462. The van der Waals surface area contributed by atoms with E-state index in [4.69, 9.17) is 0 Å². The molecule has 66 valence electrons. The Morgan fingerprint density at radius 2 is 2.08 bits per heavy atom. The molecule has 0 saturated carbocycles. The van der Waals surface area contributed by atoms with Crippen LogP contribution in [0.3, 0.4) is 0 Å². The lowest BCUT2D eigenvalue weighted by atomic mass is 10.2. The first-order chi connectivity index (χ1) is 6.16. The summed E-state index contributed by atoms with van der Waals surface area (Å²) in [7, 11) is 0. The Balaban J connectivity index is 2.86. The van der Waals surface area contributed by atoms with Gasteiger partial charge < -0.3 is 5.21 Å². The van der Waals surface area contributed by atoms with Crippen LogP contribution in [0.15, 0.2) is 30.5 Å². The lowest BCUT2D eigenvalue weighted by Gasteiger charge is -2.02. The molecular weight excluding hydrogens is 169 g/mol. The Labute approximate surface area is 74.8 Å². The molecule has 0 aliphatic heterocycles. The third-order valence-corrected chi connectivity index (χ3v) is 1.93. The van der Waals surface area contributed by atoms with Crippen LogP contribution in [0.4, 0.5) is 4.39 Å². The van der Waals surface area contributed by atoms with Gasteiger partial charge in [-0.05, 0) is 25.1 Å². The van der Waals surface area contributed by atoms with Crippen molar-refractivity contribution in [3.8, 4) is 0 Å². The fraction of sp³-hybridized carbons (Fsp3) is 0.100. The summed E-state index contributed by atoms with van der Waals surface area (Å²) >= 11 is 0. The Kier molecular flexibility index (Phi) is 1.65. The van der Waals surface area contributed by atoms with Crippen LogP contribution in [-0.4, -0.2) is 0 Å². The third kappa shape index (κ3) is 1.33. The highest BCUT2D eigenvalue weighted by Gasteiger charge is 2.04. The summed E-state index contributed by atoms with van der Waals surface area (Å²) in [5, 5.41) is 11.9. The SMILES string of the molecule is Cc1cc2cc(F)ccc2[n+]([O-])c1. The zero-order chi connectivity index (χ0) is 9.42. The molecule has 0 saturated heterocycles. The highest BCUT2D eigenvalue weighted by atomic mass is 19.1. The quantitative estimate of drug-likeness (QED) is 0.446. The molecule has 0 N–H and O–H groups in total. The van der Waals surface area contributed by atoms with Crippen molar-refractivity contribution in [3.63, 3.8) is 0 Å². The van der Waals surface area contributed by atoms with Crippen LogP contribution in [0.25, 0.3) is 10.9 Å². The number of pyridine rings is 1. The number of benzene rings is 1. The molecule has 0 spiro atoms. The summed E-state index contributed by atoms with van der Waals surface area (Å²) in [4.78, 5) is 0. The van der Waals surface area contributed by atoms with Crippen molar-refractivity contribution in [1.82, 2.24) is 0 Å². The number of hydrogen-bond donors (Lipinski definition) is 0. The number of aromatic nitrogens is 1. The maximum Gasteiger partial charge on any atom is 0.223 e. The standard InChI is InChI=1S/C10H8FNO/c1-7-4-8-5-9(11)2-3-10(8)12(13)6-7/h2-6H,1H3. The smallest absolute Gasteiger partial charge is 0.223 e. The van der Waals surface area contributed by atoms with E-state index in [0.717, 1.165) is 10.3 Å². The van der Waals surface area contributed by atoms with E-state index in [9.17, 15) is 9.60 Å². The lowest BCUT2D eigenvalue weighted by Crippen LogP contribution is -2.26. The molecule has 1 heterocycles. The van der Waals surface area contributed by atoms with Crippen LogP contribution < -0.4 is 4.73 Å². The van der Waals surface area contributed by atoms with Crippen molar-refractivity contribution in [3.05, 3.63) is 47.1 Å². The number of aryl methyl sites for hydroxylation is 1. The van der Waals surface area contributed by atoms with Gasteiger partial charge in [0.05, 0.1) is 5.39 Å². The first-order valence-corrected chi connectivity index (χ1v) is 3.96. The average molecular weight is 177 g/mol. The molecule has 0 aliphatic rings. The normalized spacial score (nSPS) is 10.6. The average Bonchev–Trinajstić information content (AvgIpc) is 2.02. The van der Waals surface area contributed by atoms with Crippen LogP contribution in [-0.2, 0) is 0 Å². The van der Waals surface area contributed by atoms with Gasteiger partial charge in [0.15, 0.2) is 6.20 Å². The van der Waals surface area contributed by atoms with Gasteiger partial charge in [0, 0.05) is 11.6 Å². The fourth-order valence-corrected chi connectivity index (χ4v) is 1.38. The molecular formula is C10H8FNO. The van der Waals surface area contributed by atoms with Crippen molar-refractivity contribution in [2.75, 3.05) is 0 Å². The zero-order valence-corrected chi connectivity index (χ0v) is 7.12. The second kappa shape index (κ2) is 2.69. The summed E-state index contributed by atoms with van der Waals surface area (Å²) in [6.45, 7) is 1.80. The van der Waals surface area contributed by atoms with E-state index >= 15 is 0 Å². The summed E-state index contributed by atoms with van der Waals surface area (Å²) < 4.78 is 13.5. The summed E-state index contributed by atoms with van der Waals surface area (Å²) in [6, 6.07) is 5.91. The maximum atomic E-state index is 12.8. The number of halogens is 1. The van der Waals surface area contributed by atoms with Gasteiger partial charge in [0.2, 0.25) is 5.52 Å². The molecule has 0 amide bonds. The second-order valence-corrected chi connectivity index (χ2v) is 3.05. The van der Waals surface area contributed by atoms with E-state index in [1.54, 1.807) is 13.0 Å². The molecule has 3 heteroatoms. The van der Waals surface area contributed by atoms with Gasteiger partial charge in [-0.25, -0.2) is 4.39 Å². The molecule has 2 nitrogen and oxygen atoms in total. The van der Waals surface area contributed by atoms with E-state index in [-0.39, 0.29) is 5.82 Å². The minimum absolute atomic E-state index is 0.321. The van der Waals surface area contributed by atoms with Crippen molar-refractivity contribution in [2.45, 2.75) is 6.92 Å². The molecule has 0 aliphatic carbocycles. The fourth-order valence-electron chi connectivity index (χ4n) is 1.38. The molecule has 0 bridgehead atoms. The third-order valence-electron chi connectivity index (χ3n) is 1.93. The number of fused-ring (bicyclic) bond motifs is 1. The second-order valence-electron chi connectivity index (χ2n) is 3.05. The summed E-state index contributed by atoms with van der Waals surface area (Å²) in [5.41, 5.74) is 1.32. The largest absolute Gasteiger partial charge is 0.618 e. The minimum Gasteiger partial charge on any atom is -0.618 e. The van der Waals surface area contributed by atoms with E-state index in [1.165, 1.54) is 24.4 Å². The molecule has 0 fully saturated rings. The Morgan fingerprint density at radius 3 is 2.85 bits per heavy atom. The monoisotopic (exact) mass is 177 g/mol. The topological polar surface area (TPSA) is 26.9 Å². The predicted octanol–water partition coefficient (Wildman–Crippen LogP) is 1.92. The Hall–Kier alpha value is -1.64. The zero-order valence-electron chi connectivity index (χ0n) is 7.12. The highest BCUT2D eigenvalue weighted by Crippen LogP contribution is 2.12. The van der Waals surface area contributed by atoms with Crippen molar-refractivity contribution >= 4 is 10.9 Å². The van der Waals surface area contributed by atoms with E-state index in [1.807, 2.05) is 0 Å². The molecule has 2 aromatic rings. The van der Waals surface area contributed by atoms with Crippen molar-refractivity contribution < 1.29 is 9.12 Å². The highest BCUT2D eigenvalue weighted by molar-refractivity contribution is 5.76. The molecule has 0 unspecified atom stereocenters. The van der Waals surface area contributed by atoms with Gasteiger partial charge in [-0.3, -0.25) is 0 Å². The van der Waals surface area contributed by atoms with Crippen molar-refractivity contribution in [2.24, 2.45) is 0 Å². The van der Waals surface area contributed by atoms with Gasteiger partial charge in [0.25, 0.3) is 0 Å². The molecule has 2 rings (SSSR count). The van der Waals surface area contributed by atoms with E-state index < -0.39 is 0 Å². The predicted molar refractivity (Wildman–Crippen MR) is 47.6 cm³/mol. The number of rotatable bonds is 0. The van der Waals surface area contributed by atoms with Crippen LogP contribution in [0.2, 0.25) is 0 Å². The van der Waals surface area contributed by atoms with Gasteiger partial charge >= 0.3 is 0 Å². The van der Waals surface area contributed by atoms with Gasteiger partial charge in [-0.2, -0.15) is 4.73 Å². The van der Waals surface area contributed by atoms with Crippen LogP contribution in [0.5, 0.6) is 0 Å². The number of nitrogens with zero attached hydrogens (tertiary/aromatic N) is 1. The van der Waals surface area contributed by atoms with Crippen LogP contribution in [0, 0.1) is 17.9 Å². The van der Waals surface area contributed by atoms with Crippen molar-refractivity contribution in [1.29, 1.82) is 0 Å². The molecule has 0 atom stereocenters. The summed E-state index contributed by atoms with van der Waals surface area (Å²) in [5.74, 6) is -0.321. The van der Waals surface area contributed by atoms with Crippen LogP contribution in [0.1, 0.15) is 5.56 Å². The molecule has 13 heavy (non-hydrogen) atoms. The molecule has 1 aromatic heterocycles. The maximum absolute atomic E-state index is 12.8. The Morgan fingerprint density at radius 1 is 1.31 bits per heavy atom. The molecule has 0 radical (unpaired) electrons. The van der Waals surface area contributed by atoms with Crippen LogP contribution >= 0.6 is 0 Å². The van der Waals surface area contributed by atoms with Gasteiger partial charge in [0.1, 0.15) is 5.82 Å². The molecule has 1 aromatic carbocycles. The van der Waals surface area contributed by atoms with Gasteiger partial charge in [-0.15, -0.1) is 0 Å². The van der Waals surface area contributed by atoms with E-state index in [2.05, 4.69) is 0 Å². The summed E-state index contributed by atoms with van der Waals surface area (Å²) in [6.07, 6.45) is 1.47. The first kappa shape index (κ1) is 7.98.